The Kier molecular flexibility index (Phi) is 6.97. The standard InChI is InChI=1S/C18H18Cl2FN3O2/c1-11(18(26)23-16-8-7-12(21)9-14(16)20)24(2)10-17(25)22-15-6-4-3-5-13(15)19/h3-9,11H,10H2,1-2H3,(H,22,25)(H,23,26)/t11-/m1/s1. The monoisotopic (exact) mass is 397 g/mol. The number of hydrogen-bond acceptors (Lipinski definition) is 3. The highest BCUT2D eigenvalue weighted by Gasteiger charge is 2.21. The molecule has 0 aliphatic carbocycles. The number of carbonyl (C=O) groups is 2. The number of halogens is 3. The molecule has 1 atom stereocenters. The number of para-hydroxylation sites is 1. The van der Waals surface area contributed by atoms with Crippen LogP contribution in [0.25, 0.3) is 0 Å². The van der Waals surface area contributed by atoms with Crippen LogP contribution in [0.15, 0.2) is 42.5 Å². The molecule has 2 rings (SSSR count). The summed E-state index contributed by atoms with van der Waals surface area (Å²) in [6, 6.07) is 9.95. The minimum atomic E-state index is -0.617. The molecule has 8 heteroatoms. The van der Waals surface area contributed by atoms with E-state index >= 15 is 0 Å². The number of nitrogens with zero attached hydrogens (tertiary/aromatic N) is 1. The number of nitrogens with one attached hydrogen (secondary N) is 2. The van der Waals surface area contributed by atoms with Gasteiger partial charge in [0.25, 0.3) is 0 Å². The molecule has 5 nitrogen and oxygen atoms in total. The molecule has 0 radical (unpaired) electrons. The Morgan fingerprint density at radius 2 is 1.73 bits per heavy atom. The summed E-state index contributed by atoms with van der Waals surface area (Å²) in [7, 11) is 1.64. The van der Waals surface area contributed by atoms with Crippen molar-refractivity contribution < 1.29 is 14.0 Å². The zero-order chi connectivity index (χ0) is 19.3. The fourth-order valence-corrected chi connectivity index (χ4v) is 2.54. The van der Waals surface area contributed by atoms with E-state index in [1.165, 1.54) is 12.1 Å². The Labute approximate surface area is 161 Å². The average Bonchev–Trinajstić information content (AvgIpc) is 2.58. The molecule has 0 aliphatic rings. The van der Waals surface area contributed by atoms with Gasteiger partial charge in [0.05, 0.1) is 34.0 Å². The Bertz CT molecular complexity index is 817. The third kappa shape index (κ3) is 5.42. The van der Waals surface area contributed by atoms with Gasteiger partial charge in [-0.2, -0.15) is 0 Å². The molecule has 0 spiro atoms. The summed E-state index contributed by atoms with van der Waals surface area (Å²) in [5, 5.41) is 5.84. The van der Waals surface area contributed by atoms with Crippen molar-refractivity contribution in [3.05, 3.63) is 58.3 Å². The molecule has 2 aromatic carbocycles. The van der Waals surface area contributed by atoms with Gasteiger partial charge in [-0.05, 0) is 44.3 Å². The first-order valence-electron chi connectivity index (χ1n) is 7.78. The van der Waals surface area contributed by atoms with Gasteiger partial charge in [0.1, 0.15) is 5.82 Å². The minimum Gasteiger partial charge on any atom is -0.324 e. The number of carbonyl (C=O) groups excluding carboxylic acids is 2. The molecular formula is C18H18Cl2FN3O2. The largest absolute Gasteiger partial charge is 0.324 e. The lowest BCUT2D eigenvalue weighted by Gasteiger charge is -2.23. The van der Waals surface area contributed by atoms with E-state index in [-0.39, 0.29) is 23.4 Å². The maximum absolute atomic E-state index is 13.1. The summed E-state index contributed by atoms with van der Waals surface area (Å²) in [5.41, 5.74) is 0.807. The predicted octanol–water partition coefficient (Wildman–Crippen LogP) is 4.03. The molecule has 0 saturated carbocycles. The summed E-state index contributed by atoms with van der Waals surface area (Å²) in [4.78, 5) is 26.0. The zero-order valence-corrected chi connectivity index (χ0v) is 15.7. The van der Waals surface area contributed by atoms with Crippen LogP contribution in [0.4, 0.5) is 15.8 Å². The molecule has 2 amide bonds. The molecule has 0 aliphatic heterocycles. The fraction of sp³-hybridized carbons (Fsp3) is 0.222. The Hall–Kier alpha value is -2.15. The summed E-state index contributed by atoms with van der Waals surface area (Å²) in [5.74, 6) is -1.17. The van der Waals surface area contributed by atoms with Gasteiger partial charge in [-0.15, -0.1) is 0 Å². The van der Waals surface area contributed by atoms with Crippen LogP contribution in [0.1, 0.15) is 6.92 Å². The molecule has 0 aromatic heterocycles. The average molecular weight is 398 g/mol. The quantitative estimate of drug-likeness (QED) is 0.773. The fourth-order valence-electron chi connectivity index (χ4n) is 2.14. The first-order valence-corrected chi connectivity index (χ1v) is 8.54. The van der Waals surface area contributed by atoms with Crippen molar-refractivity contribution in [2.24, 2.45) is 0 Å². The molecule has 0 fully saturated rings. The molecule has 2 N–H and O–H groups in total. The number of benzene rings is 2. The van der Waals surface area contributed by atoms with Gasteiger partial charge in [0.2, 0.25) is 11.8 Å². The third-order valence-corrected chi connectivity index (χ3v) is 4.41. The van der Waals surface area contributed by atoms with E-state index in [9.17, 15) is 14.0 Å². The maximum Gasteiger partial charge on any atom is 0.241 e. The normalized spacial score (nSPS) is 11.9. The Balaban J connectivity index is 1.93. The first kappa shape index (κ1) is 20.2. The molecule has 26 heavy (non-hydrogen) atoms. The van der Waals surface area contributed by atoms with Crippen LogP contribution in [0.2, 0.25) is 10.0 Å². The summed E-state index contributed by atoms with van der Waals surface area (Å²) in [6.07, 6.45) is 0. The van der Waals surface area contributed by atoms with E-state index in [1.54, 1.807) is 43.1 Å². The van der Waals surface area contributed by atoms with Crippen molar-refractivity contribution in [3.8, 4) is 0 Å². The van der Waals surface area contributed by atoms with Crippen LogP contribution in [-0.4, -0.2) is 36.3 Å². The highest BCUT2D eigenvalue weighted by atomic mass is 35.5. The molecule has 0 saturated heterocycles. The Morgan fingerprint density at radius 1 is 1.08 bits per heavy atom. The van der Waals surface area contributed by atoms with E-state index < -0.39 is 11.9 Å². The second-order valence-corrected chi connectivity index (χ2v) is 6.55. The molecule has 0 bridgehead atoms. The van der Waals surface area contributed by atoms with Gasteiger partial charge in [-0.25, -0.2) is 4.39 Å². The van der Waals surface area contributed by atoms with Crippen LogP contribution in [-0.2, 0) is 9.59 Å². The van der Waals surface area contributed by atoms with Crippen molar-refractivity contribution in [2.45, 2.75) is 13.0 Å². The van der Waals surface area contributed by atoms with Crippen LogP contribution in [0.5, 0.6) is 0 Å². The lowest BCUT2D eigenvalue weighted by molar-refractivity contribution is -0.122. The lowest BCUT2D eigenvalue weighted by Crippen LogP contribution is -2.43. The highest BCUT2D eigenvalue weighted by Crippen LogP contribution is 2.23. The van der Waals surface area contributed by atoms with Crippen LogP contribution in [0.3, 0.4) is 0 Å². The lowest BCUT2D eigenvalue weighted by atomic mass is 10.2. The SMILES string of the molecule is C[C@H](C(=O)Nc1ccc(F)cc1Cl)N(C)CC(=O)Nc1ccccc1Cl. The highest BCUT2D eigenvalue weighted by molar-refractivity contribution is 6.34. The summed E-state index contributed by atoms with van der Waals surface area (Å²) < 4.78 is 13.1. The molecular weight excluding hydrogens is 380 g/mol. The van der Waals surface area contributed by atoms with Gasteiger partial charge >= 0.3 is 0 Å². The number of anilines is 2. The van der Waals surface area contributed by atoms with E-state index in [0.717, 1.165) is 6.07 Å². The van der Waals surface area contributed by atoms with Crippen molar-refractivity contribution in [1.82, 2.24) is 4.90 Å². The Morgan fingerprint density at radius 3 is 2.38 bits per heavy atom. The van der Waals surface area contributed by atoms with Crippen molar-refractivity contribution >= 4 is 46.4 Å². The third-order valence-electron chi connectivity index (χ3n) is 3.77. The van der Waals surface area contributed by atoms with Gasteiger partial charge in [-0.1, -0.05) is 35.3 Å². The van der Waals surface area contributed by atoms with Gasteiger partial charge in [-0.3, -0.25) is 14.5 Å². The van der Waals surface area contributed by atoms with Gasteiger partial charge < -0.3 is 10.6 Å². The minimum absolute atomic E-state index is 0.0169. The van der Waals surface area contributed by atoms with Crippen LogP contribution < -0.4 is 10.6 Å². The number of amides is 2. The molecule has 0 heterocycles. The topological polar surface area (TPSA) is 61.4 Å². The van der Waals surface area contributed by atoms with Crippen LogP contribution in [0, 0.1) is 5.82 Å². The van der Waals surface area contributed by atoms with E-state index in [0.29, 0.717) is 16.4 Å². The van der Waals surface area contributed by atoms with E-state index in [2.05, 4.69) is 10.6 Å². The summed E-state index contributed by atoms with van der Waals surface area (Å²) in [6.45, 7) is 1.63. The van der Waals surface area contributed by atoms with Crippen molar-refractivity contribution in [1.29, 1.82) is 0 Å². The van der Waals surface area contributed by atoms with E-state index in [4.69, 9.17) is 23.2 Å². The van der Waals surface area contributed by atoms with Crippen molar-refractivity contribution in [3.63, 3.8) is 0 Å². The number of likely N-dealkylation sites (N-methyl/N-ethyl adjacent to an activating group) is 1. The second-order valence-electron chi connectivity index (χ2n) is 5.73. The summed E-state index contributed by atoms with van der Waals surface area (Å²) >= 11 is 11.9. The van der Waals surface area contributed by atoms with Crippen molar-refractivity contribution in [2.75, 3.05) is 24.2 Å². The number of rotatable bonds is 6. The molecule has 2 aromatic rings. The predicted molar refractivity (Wildman–Crippen MR) is 102 cm³/mol. The van der Waals surface area contributed by atoms with Gasteiger partial charge in [0, 0.05) is 0 Å². The number of hydrogen-bond donors (Lipinski definition) is 2. The first-order chi connectivity index (χ1) is 12.3. The second kappa shape index (κ2) is 8.98. The molecule has 138 valence electrons. The van der Waals surface area contributed by atoms with Crippen LogP contribution >= 0.6 is 23.2 Å². The van der Waals surface area contributed by atoms with E-state index in [1.807, 2.05) is 0 Å². The zero-order valence-electron chi connectivity index (χ0n) is 14.2. The van der Waals surface area contributed by atoms with Gasteiger partial charge in [0.15, 0.2) is 0 Å². The molecule has 0 unspecified atom stereocenters. The maximum atomic E-state index is 13.1. The smallest absolute Gasteiger partial charge is 0.241 e.